The summed E-state index contributed by atoms with van der Waals surface area (Å²) in [4.78, 5) is 15.3. The van der Waals surface area contributed by atoms with Crippen molar-refractivity contribution in [1.29, 1.82) is 0 Å². The molecule has 3 N–H and O–H groups in total. The number of nitrogens with one attached hydrogen (secondary N) is 1. The number of nitrogen functional groups attached to an aromatic ring is 1. The van der Waals surface area contributed by atoms with Gasteiger partial charge < -0.3 is 16.0 Å². The second-order valence-electron chi connectivity index (χ2n) is 5.90. The van der Waals surface area contributed by atoms with Gasteiger partial charge in [-0.15, -0.1) is 0 Å². The van der Waals surface area contributed by atoms with Crippen LogP contribution in [0, 0.1) is 5.92 Å². The Morgan fingerprint density at radius 3 is 2.75 bits per heavy atom. The second kappa shape index (κ2) is 5.81. The van der Waals surface area contributed by atoms with Crippen molar-refractivity contribution in [1.82, 2.24) is 15.0 Å². The van der Waals surface area contributed by atoms with Crippen LogP contribution in [-0.4, -0.2) is 34.1 Å². The first kappa shape index (κ1) is 13.4. The molecular weight excluding hydrogens is 252 g/mol. The molecule has 2 heterocycles. The molecule has 0 bridgehead atoms. The van der Waals surface area contributed by atoms with Crippen LogP contribution in [0.25, 0.3) is 0 Å². The van der Waals surface area contributed by atoms with E-state index in [1.54, 1.807) is 0 Å². The number of hydrogen-bond acceptors (Lipinski definition) is 6. The van der Waals surface area contributed by atoms with Crippen molar-refractivity contribution >= 4 is 17.8 Å². The molecule has 0 amide bonds. The summed E-state index contributed by atoms with van der Waals surface area (Å²) in [5.74, 6) is 2.46. The van der Waals surface area contributed by atoms with Crippen molar-refractivity contribution in [3.05, 3.63) is 0 Å². The predicted octanol–water partition coefficient (Wildman–Crippen LogP) is 2.04. The van der Waals surface area contributed by atoms with Gasteiger partial charge in [-0.2, -0.15) is 15.0 Å². The van der Waals surface area contributed by atoms with Crippen LogP contribution in [0.4, 0.5) is 17.8 Å². The number of piperidine rings is 1. The minimum atomic E-state index is 0.316. The molecule has 1 saturated heterocycles. The molecule has 2 unspecified atom stereocenters. The van der Waals surface area contributed by atoms with Gasteiger partial charge in [-0.1, -0.05) is 13.3 Å². The fraction of sp³-hybridized carbons (Fsp3) is 0.786. The number of rotatable bonds is 5. The summed E-state index contributed by atoms with van der Waals surface area (Å²) in [5, 5.41) is 3.40. The molecule has 6 nitrogen and oxygen atoms in total. The van der Waals surface area contributed by atoms with Crippen LogP contribution in [0.5, 0.6) is 0 Å². The first-order valence-corrected chi connectivity index (χ1v) is 7.79. The zero-order valence-corrected chi connectivity index (χ0v) is 12.2. The summed E-state index contributed by atoms with van der Waals surface area (Å²) in [6.45, 7) is 4.26. The van der Waals surface area contributed by atoms with Crippen LogP contribution in [0.2, 0.25) is 0 Å². The fourth-order valence-electron chi connectivity index (χ4n) is 2.96. The lowest BCUT2D eigenvalue weighted by Crippen LogP contribution is -2.31. The van der Waals surface area contributed by atoms with Crippen LogP contribution >= 0.6 is 0 Å². The van der Waals surface area contributed by atoms with E-state index in [0.29, 0.717) is 17.9 Å². The highest BCUT2D eigenvalue weighted by Gasteiger charge is 2.36. The van der Waals surface area contributed by atoms with Gasteiger partial charge >= 0.3 is 0 Å². The van der Waals surface area contributed by atoms with E-state index in [1.165, 1.54) is 38.5 Å². The molecule has 6 heteroatoms. The van der Waals surface area contributed by atoms with Gasteiger partial charge in [0.15, 0.2) is 0 Å². The Balaban J connectivity index is 1.67. The minimum Gasteiger partial charge on any atom is -0.368 e. The lowest BCUT2D eigenvalue weighted by atomic mass is 10.1. The molecule has 1 aromatic rings. The van der Waals surface area contributed by atoms with Crippen LogP contribution in [-0.2, 0) is 0 Å². The Hall–Kier alpha value is -1.59. The van der Waals surface area contributed by atoms with E-state index >= 15 is 0 Å². The average Bonchev–Trinajstić information content (AvgIpc) is 3.17. The van der Waals surface area contributed by atoms with Gasteiger partial charge in [-0.05, 0) is 38.0 Å². The summed E-state index contributed by atoms with van der Waals surface area (Å²) in [6.07, 6.45) is 7.44. The van der Waals surface area contributed by atoms with Crippen LogP contribution < -0.4 is 16.0 Å². The molecule has 1 saturated carbocycles. The van der Waals surface area contributed by atoms with E-state index in [4.69, 9.17) is 5.73 Å². The molecule has 110 valence electrons. The first-order valence-electron chi connectivity index (χ1n) is 7.79. The largest absolute Gasteiger partial charge is 0.368 e. The van der Waals surface area contributed by atoms with Gasteiger partial charge in [0.05, 0.1) is 0 Å². The number of hydrogen-bond donors (Lipinski definition) is 2. The SMILES string of the molecule is CCCC1CC1Nc1nc(N)nc(N2CCCCC2)n1. The summed E-state index contributed by atoms with van der Waals surface area (Å²) in [6, 6.07) is 0.519. The van der Waals surface area contributed by atoms with Gasteiger partial charge in [0.1, 0.15) is 0 Å². The van der Waals surface area contributed by atoms with E-state index in [9.17, 15) is 0 Å². The Labute approximate surface area is 120 Å². The summed E-state index contributed by atoms with van der Waals surface area (Å²) in [7, 11) is 0. The molecule has 20 heavy (non-hydrogen) atoms. The number of nitrogens with two attached hydrogens (primary N) is 1. The van der Waals surface area contributed by atoms with E-state index in [1.807, 2.05) is 0 Å². The third kappa shape index (κ3) is 3.11. The lowest BCUT2D eigenvalue weighted by Gasteiger charge is -2.26. The molecule has 2 fully saturated rings. The van der Waals surface area contributed by atoms with Gasteiger partial charge in [0, 0.05) is 19.1 Å². The quantitative estimate of drug-likeness (QED) is 0.856. The Kier molecular flexibility index (Phi) is 3.89. The van der Waals surface area contributed by atoms with Crippen LogP contribution in [0.3, 0.4) is 0 Å². The third-order valence-electron chi connectivity index (χ3n) is 4.18. The predicted molar refractivity (Wildman–Crippen MR) is 80.7 cm³/mol. The van der Waals surface area contributed by atoms with Crippen molar-refractivity contribution < 1.29 is 0 Å². The maximum Gasteiger partial charge on any atom is 0.231 e. The van der Waals surface area contributed by atoms with Gasteiger partial charge in [0.25, 0.3) is 0 Å². The molecule has 1 aromatic heterocycles. The number of aromatic nitrogens is 3. The molecular formula is C14H24N6. The molecule has 0 radical (unpaired) electrons. The van der Waals surface area contributed by atoms with E-state index in [-0.39, 0.29) is 0 Å². The molecule has 0 aromatic carbocycles. The summed E-state index contributed by atoms with van der Waals surface area (Å²) in [5.41, 5.74) is 5.83. The maximum absolute atomic E-state index is 5.83. The Morgan fingerprint density at radius 2 is 2.00 bits per heavy atom. The van der Waals surface area contributed by atoms with Crippen molar-refractivity contribution in [2.45, 2.75) is 51.5 Å². The van der Waals surface area contributed by atoms with Crippen molar-refractivity contribution in [3.63, 3.8) is 0 Å². The van der Waals surface area contributed by atoms with Crippen LogP contribution in [0.1, 0.15) is 45.4 Å². The molecule has 1 aliphatic heterocycles. The maximum atomic E-state index is 5.83. The van der Waals surface area contributed by atoms with Crippen molar-refractivity contribution in [3.8, 4) is 0 Å². The average molecular weight is 276 g/mol. The van der Waals surface area contributed by atoms with Crippen molar-refractivity contribution in [2.75, 3.05) is 29.0 Å². The topological polar surface area (TPSA) is 80.0 Å². The molecule has 1 aliphatic carbocycles. The highest BCUT2D eigenvalue weighted by Crippen LogP contribution is 2.36. The molecule has 2 atom stereocenters. The zero-order chi connectivity index (χ0) is 13.9. The fourth-order valence-corrected chi connectivity index (χ4v) is 2.96. The summed E-state index contributed by atoms with van der Waals surface area (Å²) < 4.78 is 0. The van der Waals surface area contributed by atoms with Gasteiger partial charge in [-0.25, -0.2) is 0 Å². The van der Waals surface area contributed by atoms with Crippen molar-refractivity contribution in [2.24, 2.45) is 5.92 Å². The molecule has 2 aliphatic rings. The van der Waals surface area contributed by atoms with E-state index in [0.717, 1.165) is 25.0 Å². The normalized spacial score (nSPS) is 25.6. The second-order valence-corrected chi connectivity index (χ2v) is 5.90. The Morgan fingerprint density at radius 1 is 1.20 bits per heavy atom. The first-order chi connectivity index (χ1) is 9.76. The zero-order valence-electron chi connectivity index (χ0n) is 12.2. The molecule has 3 rings (SSSR count). The van der Waals surface area contributed by atoms with Gasteiger partial charge in [-0.3, -0.25) is 0 Å². The molecule has 0 spiro atoms. The number of nitrogens with zero attached hydrogens (tertiary/aromatic N) is 4. The highest BCUT2D eigenvalue weighted by atomic mass is 15.3. The monoisotopic (exact) mass is 276 g/mol. The lowest BCUT2D eigenvalue weighted by molar-refractivity contribution is 0.568. The third-order valence-corrected chi connectivity index (χ3v) is 4.18. The smallest absolute Gasteiger partial charge is 0.231 e. The number of anilines is 3. The van der Waals surface area contributed by atoms with Crippen LogP contribution in [0.15, 0.2) is 0 Å². The Bertz CT molecular complexity index is 457. The van der Waals surface area contributed by atoms with E-state index < -0.39 is 0 Å². The highest BCUT2D eigenvalue weighted by molar-refractivity contribution is 5.43. The van der Waals surface area contributed by atoms with Gasteiger partial charge in [0.2, 0.25) is 17.8 Å². The standard InChI is InChI=1S/C14H24N6/c1-2-6-10-9-11(10)16-13-17-12(15)18-14(19-13)20-7-4-3-5-8-20/h10-11H,2-9H2,1H3,(H3,15,16,17,18,19). The minimum absolute atomic E-state index is 0.316. The summed E-state index contributed by atoms with van der Waals surface area (Å²) >= 11 is 0. The van der Waals surface area contributed by atoms with E-state index in [2.05, 4.69) is 32.1 Å².